The molecule has 0 aliphatic carbocycles. The van der Waals surface area contributed by atoms with Gasteiger partial charge >= 0.3 is 0 Å². The van der Waals surface area contributed by atoms with Crippen molar-refractivity contribution in [3.8, 4) is 0 Å². The van der Waals surface area contributed by atoms with Crippen LogP contribution in [0.25, 0.3) is 5.65 Å². The fraction of sp³-hybridized carbons (Fsp3) is 0.462. The summed E-state index contributed by atoms with van der Waals surface area (Å²) in [5, 5.41) is 3.78. The maximum atomic E-state index is 11.4. The minimum Gasteiger partial charge on any atom is -0.311 e. The van der Waals surface area contributed by atoms with E-state index in [-0.39, 0.29) is 5.92 Å². The Balaban J connectivity index is 1.64. The van der Waals surface area contributed by atoms with E-state index in [0.717, 1.165) is 17.8 Å². The highest BCUT2D eigenvalue weighted by atomic mass is 35.5. The summed E-state index contributed by atoms with van der Waals surface area (Å²) >= 11 is 6.14. The van der Waals surface area contributed by atoms with Gasteiger partial charge in [0.05, 0.1) is 17.2 Å². The van der Waals surface area contributed by atoms with Crippen LogP contribution in [-0.2, 0) is 16.4 Å². The lowest BCUT2D eigenvalue weighted by atomic mass is 10.1. The third-order valence-electron chi connectivity index (χ3n) is 3.63. The first-order valence-corrected chi connectivity index (χ1v) is 8.78. The molecular formula is C13H16ClN3O2S. The Hall–Kier alpha value is -1.11. The minimum absolute atomic E-state index is 0.206. The van der Waals surface area contributed by atoms with Crippen LogP contribution in [0.1, 0.15) is 12.1 Å². The Bertz CT molecular complexity index is 726. The third kappa shape index (κ3) is 2.82. The quantitative estimate of drug-likeness (QED) is 0.929. The van der Waals surface area contributed by atoms with Gasteiger partial charge in [-0.05, 0) is 31.0 Å². The molecule has 0 saturated carbocycles. The Morgan fingerprint density at radius 2 is 2.30 bits per heavy atom. The number of fused-ring (bicyclic) bond motifs is 1. The van der Waals surface area contributed by atoms with Crippen LogP contribution in [0.3, 0.4) is 0 Å². The largest absolute Gasteiger partial charge is 0.311 e. The average molecular weight is 314 g/mol. The maximum absolute atomic E-state index is 11.4. The van der Waals surface area contributed by atoms with E-state index in [1.54, 1.807) is 0 Å². The lowest BCUT2D eigenvalue weighted by Crippen LogP contribution is -2.24. The Kier molecular flexibility index (Phi) is 3.70. The van der Waals surface area contributed by atoms with Crippen molar-refractivity contribution in [1.82, 2.24) is 14.7 Å². The average Bonchev–Trinajstić information content (AvgIpc) is 2.90. The predicted octanol–water partition coefficient (Wildman–Crippen LogP) is 1.51. The van der Waals surface area contributed by atoms with Crippen molar-refractivity contribution in [2.45, 2.75) is 13.0 Å². The van der Waals surface area contributed by atoms with Crippen molar-refractivity contribution in [2.75, 3.05) is 18.1 Å². The minimum atomic E-state index is -2.81. The number of pyridine rings is 1. The zero-order valence-corrected chi connectivity index (χ0v) is 12.5. The molecule has 0 amide bonds. The first-order chi connectivity index (χ1) is 9.55. The third-order valence-corrected chi connectivity index (χ3v) is 5.77. The summed E-state index contributed by atoms with van der Waals surface area (Å²) in [5.74, 6) is 0.814. The second-order valence-electron chi connectivity index (χ2n) is 5.18. The van der Waals surface area contributed by atoms with Crippen molar-refractivity contribution in [3.05, 3.63) is 35.2 Å². The van der Waals surface area contributed by atoms with Gasteiger partial charge in [-0.25, -0.2) is 13.4 Å². The topological polar surface area (TPSA) is 63.5 Å². The highest BCUT2D eigenvalue weighted by Crippen LogP contribution is 2.19. The molecule has 20 heavy (non-hydrogen) atoms. The zero-order chi connectivity index (χ0) is 14.2. The molecule has 0 bridgehead atoms. The van der Waals surface area contributed by atoms with Crippen LogP contribution < -0.4 is 5.32 Å². The number of hydrogen-bond acceptors (Lipinski definition) is 4. The van der Waals surface area contributed by atoms with Gasteiger partial charge in [0.1, 0.15) is 5.65 Å². The van der Waals surface area contributed by atoms with Gasteiger partial charge in [0.15, 0.2) is 15.0 Å². The number of halogens is 1. The van der Waals surface area contributed by atoms with E-state index < -0.39 is 9.84 Å². The smallest absolute Gasteiger partial charge is 0.152 e. The van der Waals surface area contributed by atoms with Crippen LogP contribution in [0.5, 0.6) is 0 Å². The molecule has 3 heterocycles. The Morgan fingerprint density at radius 1 is 1.45 bits per heavy atom. The molecule has 7 heteroatoms. The molecule has 1 fully saturated rings. The Labute approximate surface area is 122 Å². The van der Waals surface area contributed by atoms with E-state index in [0.29, 0.717) is 29.7 Å². The molecule has 0 spiro atoms. The van der Waals surface area contributed by atoms with E-state index in [2.05, 4.69) is 10.3 Å². The molecule has 0 radical (unpaired) electrons. The van der Waals surface area contributed by atoms with Gasteiger partial charge in [-0.1, -0.05) is 17.7 Å². The van der Waals surface area contributed by atoms with Crippen LogP contribution in [0.15, 0.2) is 24.4 Å². The molecule has 108 valence electrons. The lowest BCUT2D eigenvalue weighted by molar-refractivity contribution is 0.517. The van der Waals surface area contributed by atoms with Gasteiger partial charge < -0.3 is 9.72 Å². The van der Waals surface area contributed by atoms with Gasteiger partial charge in [0.2, 0.25) is 0 Å². The SMILES string of the molecule is O=S1(=O)CC[C@@H](CNCc2c(Cl)nc3ccccn23)C1. The molecule has 1 saturated heterocycles. The molecular weight excluding hydrogens is 298 g/mol. The van der Waals surface area contributed by atoms with Crippen molar-refractivity contribution in [2.24, 2.45) is 5.92 Å². The lowest BCUT2D eigenvalue weighted by Gasteiger charge is -2.09. The maximum Gasteiger partial charge on any atom is 0.152 e. The van der Waals surface area contributed by atoms with Crippen molar-refractivity contribution in [1.29, 1.82) is 0 Å². The normalized spacial score (nSPS) is 21.6. The fourth-order valence-electron chi connectivity index (χ4n) is 2.60. The summed E-state index contributed by atoms with van der Waals surface area (Å²) in [6, 6.07) is 5.75. The molecule has 1 aliphatic rings. The second kappa shape index (κ2) is 5.35. The van der Waals surface area contributed by atoms with Gasteiger partial charge in [0.25, 0.3) is 0 Å². The van der Waals surface area contributed by atoms with Crippen molar-refractivity contribution >= 4 is 27.1 Å². The summed E-state index contributed by atoms with van der Waals surface area (Å²) in [5.41, 5.74) is 1.72. The Morgan fingerprint density at radius 3 is 3.05 bits per heavy atom. The number of aromatic nitrogens is 2. The molecule has 2 aromatic rings. The monoisotopic (exact) mass is 313 g/mol. The van der Waals surface area contributed by atoms with Gasteiger partial charge in [-0.15, -0.1) is 0 Å². The standard InChI is InChI=1S/C13H16ClN3O2S/c14-13-11(17-5-2-1-3-12(17)16-13)8-15-7-10-4-6-20(18,19)9-10/h1-3,5,10,15H,4,6-9H2/t10-/m0/s1. The summed E-state index contributed by atoms with van der Waals surface area (Å²) in [6.07, 6.45) is 2.67. The van der Waals surface area contributed by atoms with Crippen LogP contribution in [-0.4, -0.2) is 35.9 Å². The van der Waals surface area contributed by atoms with Gasteiger partial charge in [0, 0.05) is 12.7 Å². The number of rotatable bonds is 4. The predicted molar refractivity (Wildman–Crippen MR) is 78.7 cm³/mol. The van der Waals surface area contributed by atoms with Crippen molar-refractivity contribution < 1.29 is 8.42 Å². The molecule has 5 nitrogen and oxygen atoms in total. The van der Waals surface area contributed by atoms with E-state index in [1.165, 1.54) is 0 Å². The summed E-state index contributed by atoms with van der Waals surface area (Å²) in [4.78, 5) is 4.28. The molecule has 0 unspecified atom stereocenters. The fourth-order valence-corrected chi connectivity index (χ4v) is 4.71. The van der Waals surface area contributed by atoms with Gasteiger partial charge in [-0.2, -0.15) is 0 Å². The molecule has 3 rings (SSSR count). The van der Waals surface area contributed by atoms with E-state index in [4.69, 9.17) is 11.6 Å². The summed E-state index contributed by atoms with van der Waals surface area (Å²) in [6.45, 7) is 1.27. The van der Waals surface area contributed by atoms with E-state index in [9.17, 15) is 8.42 Å². The first-order valence-electron chi connectivity index (χ1n) is 6.58. The molecule has 1 aliphatic heterocycles. The van der Waals surface area contributed by atoms with Crippen molar-refractivity contribution in [3.63, 3.8) is 0 Å². The van der Waals surface area contributed by atoms with Crippen LogP contribution in [0, 0.1) is 5.92 Å². The highest BCUT2D eigenvalue weighted by Gasteiger charge is 2.27. The summed E-state index contributed by atoms with van der Waals surface area (Å²) < 4.78 is 24.7. The number of nitrogens with zero attached hydrogens (tertiary/aromatic N) is 2. The first kappa shape index (κ1) is 13.9. The molecule has 2 aromatic heterocycles. The number of nitrogens with one attached hydrogen (secondary N) is 1. The van der Waals surface area contributed by atoms with E-state index >= 15 is 0 Å². The summed E-state index contributed by atoms with van der Waals surface area (Å²) in [7, 11) is -2.81. The molecule has 0 aromatic carbocycles. The highest BCUT2D eigenvalue weighted by molar-refractivity contribution is 7.91. The number of sulfone groups is 1. The van der Waals surface area contributed by atoms with Crippen LogP contribution >= 0.6 is 11.6 Å². The van der Waals surface area contributed by atoms with Gasteiger partial charge in [-0.3, -0.25) is 0 Å². The zero-order valence-electron chi connectivity index (χ0n) is 10.9. The molecule has 1 atom stereocenters. The number of imidazole rings is 1. The number of hydrogen-bond donors (Lipinski definition) is 1. The second-order valence-corrected chi connectivity index (χ2v) is 7.76. The van der Waals surface area contributed by atoms with Crippen LogP contribution in [0.4, 0.5) is 0 Å². The van der Waals surface area contributed by atoms with E-state index in [1.807, 2.05) is 28.8 Å². The molecule has 1 N–H and O–H groups in total. The van der Waals surface area contributed by atoms with Crippen LogP contribution in [0.2, 0.25) is 5.15 Å².